The molecule has 0 aliphatic heterocycles. The fraction of sp³-hybridized carbons (Fsp3) is 0.231. The SMILES string of the molecule is COc1ccc(F)cc1-c1cc(CN)nc(C)n1. The van der Waals surface area contributed by atoms with Crippen LogP contribution in [0.4, 0.5) is 4.39 Å². The van der Waals surface area contributed by atoms with Gasteiger partial charge in [0.15, 0.2) is 0 Å². The number of halogens is 1. The van der Waals surface area contributed by atoms with Gasteiger partial charge in [0.2, 0.25) is 0 Å². The van der Waals surface area contributed by atoms with Crippen LogP contribution < -0.4 is 10.5 Å². The first-order chi connectivity index (χ1) is 8.63. The van der Waals surface area contributed by atoms with Crippen LogP contribution in [0, 0.1) is 12.7 Å². The number of nitrogens with two attached hydrogens (primary N) is 1. The van der Waals surface area contributed by atoms with Crippen LogP contribution in [0.2, 0.25) is 0 Å². The predicted octanol–water partition coefficient (Wildman–Crippen LogP) is 2.06. The minimum Gasteiger partial charge on any atom is -0.496 e. The van der Waals surface area contributed by atoms with E-state index < -0.39 is 0 Å². The molecule has 0 aliphatic rings. The van der Waals surface area contributed by atoms with E-state index in [1.807, 2.05) is 0 Å². The molecule has 0 spiro atoms. The van der Waals surface area contributed by atoms with E-state index in [9.17, 15) is 4.39 Å². The lowest BCUT2D eigenvalue weighted by molar-refractivity contribution is 0.415. The van der Waals surface area contributed by atoms with Crippen LogP contribution in [-0.4, -0.2) is 17.1 Å². The van der Waals surface area contributed by atoms with E-state index in [-0.39, 0.29) is 5.82 Å². The highest BCUT2D eigenvalue weighted by Crippen LogP contribution is 2.29. The Kier molecular flexibility index (Phi) is 3.53. The van der Waals surface area contributed by atoms with Gasteiger partial charge in [0.1, 0.15) is 17.4 Å². The van der Waals surface area contributed by atoms with Crippen molar-refractivity contribution in [3.63, 3.8) is 0 Å². The second-order valence-corrected chi connectivity index (χ2v) is 3.84. The van der Waals surface area contributed by atoms with E-state index in [0.717, 1.165) is 0 Å². The first kappa shape index (κ1) is 12.4. The summed E-state index contributed by atoms with van der Waals surface area (Å²) >= 11 is 0. The third kappa shape index (κ3) is 2.46. The summed E-state index contributed by atoms with van der Waals surface area (Å²) < 4.78 is 18.5. The van der Waals surface area contributed by atoms with Crippen LogP contribution in [0.1, 0.15) is 11.5 Å². The molecule has 5 heteroatoms. The Bertz CT molecular complexity index is 572. The summed E-state index contributed by atoms with van der Waals surface area (Å²) in [5, 5.41) is 0. The molecule has 2 aromatic rings. The monoisotopic (exact) mass is 247 g/mol. The molecular weight excluding hydrogens is 233 g/mol. The molecule has 0 saturated carbocycles. The van der Waals surface area contributed by atoms with Crippen molar-refractivity contribution in [1.29, 1.82) is 0 Å². The van der Waals surface area contributed by atoms with Crippen molar-refractivity contribution in [1.82, 2.24) is 9.97 Å². The average molecular weight is 247 g/mol. The summed E-state index contributed by atoms with van der Waals surface area (Å²) in [6.07, 6.45) is 0. The molecule has 18 heavy (non-hydrogen) atoms. The summed E-state index contributed by atoms with van der Waals surface area (Å²) in [6, 6.07) is 6.05. The van der Waals surface area contributed by atoms with Crippen molar-refractivity contribution in [2.75, 3.05) is 7.11 Å². The zero-order valence-electron chi connectivity index (χ0n) is 10.3. The maximum atomic E-state index is 13.3. The highest BCUT2D eigenvalue weighted by Gasteiger charge is 2.10. The van der Waals surface area contributed by atoms with Crippen molar-refractivity contribution in [2.24, 2.45) is 5.73 Å². The van der Waals surface area contributed by atoms with Gasteiger partial charge in [0.05, 0.1) is 18.5 Å². The van der Waals surface area contributed by atoms with Crippen molar-refractivity contribution < 1.29 is 9.13 Å². The van der Waals surface area contributed by atoms with Gasteiger partial charge < -0.3 is 10.5 Å². The Morgan fingerprint density at radius 1 is 1.28 bits per heavy atom. The van der Waals surface area contributed by atoms with E-state index in [4.69, 9.17) is 10.5 Å². The highest BCUT2D eigenvalue weighted by molar-refractivity contribution is 5.67. The first-order valence-corrected chi connectivity index (χ1v) is 5.52. The largest absolute Gasteiger partial charge is 0.496 e. The van der Waals surface area contributed by atoms with Gasteiger partial charge in [-0.25, -0.2) is 14.4 Å². The van der Waals surface area contributed by atoms with Crippen LogP contribution in [0.3, 0.4) is 0 Å². The Balaban J connectivity index is 2.60. The molecule has 94 valence electrons. The van der Waals surface area contributed by atoms with Crippen molar-refractivity contribution >= 4 is 0 Å². The molecule has 1 aromatic carbocycles. The molecule has 0 radical (unpaired) electrons. The molecule has 2 N–H and O–H groups in total. The van der Waals surface area contributed by atoms with Crippen LogP contribution >= 0.6 is 0 Å². The summed E-state index contributed by atoms with van der Waals surface area (Å²) in [7, 11) is 1.54. The number of aryl methyl sites for hydroxylation is 1. The Morgan fingerprint density at radius 3 is 2.72 bits per heavy atom. The lowest BCUT2D eigenvalue weighted by Crippen LogP contribution is -2.03. The fourth-order valence-electron chi connectivity index (χ4n) is 1.75. The molecule has 0 amide bonds. The minimum absolute atomic E-state index is 0.313. The van der Waals surface area contributed by atoms with Gasteiger partial charge in [0, 0.05) is 12.1 Å². The Labute approximate surface area is 105 Å². The van der Waals surface area contributed by atoms with Gasteiger partial charge in [0.25, 0.3) is 0 Å². The standard InChI is InChI=1S/C13H14FN3O/c1-8-16-10(7-15)6-12(17-8)11-5-9(14)3-4-13(11)18-2/h3-6H,7,15H2,1-2H3. The van der Waals surface area contributed by atoms with Crippen LogP contribution in [0.5, 0.6) is 5.75 Å². The molecule has 0 bridgehead atoms. The lowest BCUT2D eigenvalue weighted by atomic mass is 10.1. The van der Waals surface area contributed by atoms with E-state index >= 15 is 0 Å². The van der Waals surface area contributed by atoms with E-state index in [1.165, 1.54) is 19.2 Å². The molecule has 0 unspecified atom stereocenters. The number of rotatable bonds is 3. The van der Waals surface area contributed by atoms with Gasteiger partial charge in [-0.3, -0.25) is 0 Å². The third-order valence-corrected chi connectivity index (χ3v) is 2.54. The van der Waals surface area contributed by atoms with Crippen molar-refractivity contribution in [3.05, 3.63) is 41.6 Å². The second kappa shape index (κ2) is 5.10. The lowest BCUT2D eigenvalue weighted by Gasteiger charge is -2.09. The molecule has 0 aliphatic carbocycles. The van der Waals surface area contributed by atoms with E-state index in [0.29, 0.717) is 35.1 Å². The minimum atomic E-state index is -0.337. The second-order valence-electron chi connectivity index (χ2n) is 3.84. The van der Waals surface area contributed by atoms with E-state index in [2.05, 4.69) is 9.97 Å². The third-order valence-electron chi connectivity index (χ3n) is 2.54. The molecule has 0 atom stereocenters. The molecule has 1 aromatic heterocycles. The number of aromatic nitrogens is 2. The topological polar surface area (TPSA) is 61.0 Å². The zero-order valence-corrected chi connectivity index (χ0v) is 10.3. The summed E-state index contributed by atoms with van der Waals surface area (Å²) in [6.45, 7) is 2.09. The molecule has 4 nitrogen and oxygen atoms in total. The molecule has 0 saturated heterocycles. The zero-order chi connectivity index (χ0) is 13.1. The molecule has 2 rings (SSSR count). The number of hydrogen-bond acceptors (Lipinski definition) is 4. The summed E-state index contributed by atoms with van der Waals surface area (Å²) in [4.78, 5) is 8.47. The molecule has 1 heterocycles. The number of ether oxygens (including phenoxy) is 1. The van der Waals surface area contributed by atoms with Gasteiger partial charge in [-0.1, -0.05) is 0 Å². The van der Waals surface area contributed by atoms with Crippen molar-refractivity contribution in [3.8, 4) is 17.0 Å². The first-order valence-electron chi connectivity index (χ1n) is 5.52. The average Bonchev–Trinajstić information content (AvgIpc) is 2.38. The fourth-order valence-corrected chi connectivity index (χ4v) is 1.75. The summed E-state index contributed by atoms with van der Waals surface area (Å²) in [5.41, 5.74) is 7.49. The maximum Gasteiger partial charge on any atom is 0.128 e. The number of methoxy groups -OCH3 is 1. The van der Waals surface area contributed by atoms with Crippen LogP contribution in [0.15, 0.2) is 24.3 Å². The van der Waals surface area contributed by atoms with E-state index in [1.54, 1.807) is 19.1 Å². The Morgan fingerprint density at radius 2 is 2.06 bits per heavy atom. The number of hydrogen-bond donors (Lipinski definition) is 1. The number of benzene rings is 1. The molecule has 0 fully saturated rings. The predicted molar refractivity (Wildman–Crippen MR) is 66.6 cm³/mol. The smallest absolute Gasteiger partial charge is 0.128 e. The van der Waals surface area contributed by atoms with Gasteiger partial charge in [-0.15, -0.1) is 0 Å². The highest BCUT2D eigenvalue weighted by atomic mass is 19.1. The van der Waals surface area contributed by atoms with Crippen molar-refractivity contribution in [2.45, 2.75) is 13.5 Å². The summed E-state index contributed by atoms with van der Waals surface area (Å²) in [5.74, 6) is 0.827. The van der Waals surface area contributed by atoms with Gasteiger partial charge in [-0.2, -0.15) is 0 Å². The van der Waals surface area contributed by atoms with Gasteiger partial charge >= 0.3 is 0 Å². The normalized spacial score (nSPS) is 10.4. The number of nitrogens with zero attached hydrogens (tertiary/aromatic N) is 2. The molecular formula is C13H14FN3O. The Hall–Kier alpha value is -2.01. The van der Waals surface area contributed by atoms with Crippen LogP contribution in [0.25, 0.3) is 11.3 Å². The van der Waals surface area contributed by atoms with Crippen LogP contribution in [-0.2, 0) is 6.54 Å². The quantitative estimate of drug-likeness (QED) is 0.901. The van der Waals surface area contributed by atoms with Gasteiger partial charge in [-0.05, 0) is 31.2 Å². The maximum absolute atomic E-state index is 13.3.